The van der Waals surface area contributed by atoms with Gasteiger partial charge in [-0.1, -0.05) is 0 Å². The van der Waals surface area contributed by atoms with Gasteiger partial charge in [0.15, 0.2) is 0 Å². The van der Waals surface area contributed by atoms with Gasteiger partial charge < -0.3 is 5.32 Å². The Morgan fingerprint density at radius 1 is 1.47 bits per heavy atom. The minimum atomic E-state index is 0.669. The number of likely N-dealkylation sites (tertiary alicyclic amines) is 1. The second kappa shape index (κ2) is 6.32. The first-order chi connectivity index (χ1) is 8.16. The molecule has 0 aliphatic carbocycles. The van der Waals surface area contributed by atoms with Crippen molar-refractivity contribution in [2.75, 3.05) is 19.6 Å². The van der Waals surface area contributed by atoms with Crippen LogP contribution in [0.3, 0.4) is 0 Å². The normalized spacial score (nSPS) is 18.8. The van der Waals surface area contributed by atoms with Crippen LogP contribution in [0, 0.1) is 6.92 Å². The molecule has 1 N–H and O–H groups in total. The first-order valence-corrected chi connectivity index (χ1v) is 7.97. The van der Waals surface area contributed by atoms with Gasteiger partial charge in [-0.3, -0.25) is 4.90 Å². The summed E-state index contributed by atoms with van der Waals surface area (Å²) in [5.74, 6) is 0. The van der Waals surface area contributed by atoms with Crippen LogP contribution in [-0.4, -0.2) is 30.6 Å². The summed E-state index contributed by atoms with van der Waals surface area (Å²) in [6.45, 7) is 9.14. The fourth-order valence-corrected chi connectivity index (χ4v) is 3.89. The molecule has 1 saturated heterocycles. The van der Waals surface area contributed by atoms with Crippen molar-refractivity contribution >= 4 is 27.3 Å². The summed E-state index contributed by atoms with van der Waals surface area (Å²) in [5, 5.41) is 3.57. The van der Waals surface area contributed by atoms with Gasteiger partial charge in [0.2, 0.25) is 0 Å². The van der Waals surface area contributed by atoms with Crippen LogP contribution in [0.2, 0.25) is 0 Å². The highest BCUT2D eigenvalue weighted by atomic mass is 79.9. The van der Waals surface area contributed by atoms with Crippen LogP contribution in [0.15, 0.2) is 10.5 Å². The molecule has 1 aliphatic rings. The Balaban J connectivity index is 1.71. The molecule has 4 heteroatoms. The van der Waals surface area contributed by atoms with E-state index in [1.165, 1.54) is 40.2 Å². The van der Waals surface area contributed by atoms with Gasteiger partial charge in [0.1, 0.15) is 0 Å². The summed E-state index contributed by atoms with van der Waals surface area (Å²) in [7, 11) is 0. The van der Waals surface area contributed by atoms with Crippen LogP contribution in [0.1, 0.15) is 29.5 Å². The minimum Gasteiger partial charge on any atom is -0.310 e. The Morgan fingerprint density at radius 2 is 2.18 bits per heavy atom. The van der Waals surface area contributed by atoms with Crippen LogP contribution in [-0.2, 0) is 6.54 Å². The summed E-state index contributed by atoms with van der Waals surface area (Å²) in [6.07, 6.45) is 2.75. The van der Waals surface area contributed by atoms with Gasteiger partial charge >= 0.3 is 0 Å². The van der Waals surface area contributed by atoms with Gasteiger partial charge in [-0.2, -0.15) is 0 Å². The Morgan fingerprint density at radius 3 is 2.76 bits per heavy atom. The number of nitrogens with one attached hydrogen (secondary N) is 1. The van der Waals surface area contributed by atoms with Gasteiger partial charge in [0.05, 0.1) is 0 Å². The van der Waals surface area contributed by atoms with E-state index in [2.05, 4.69) is 46.1 Å². The van der Waals surface area contributed by atoms with Crippen LogP contribution in [0.4, 0.5) is 0 Å². The number of hydrogen-bond donors (Lipinski definition) is 1. The molecule has 0 aromatic carbocycles. The van der Waals surface area contributed by atoms with Crippen LogP contribution < -0.4 is 5.32 Å². The molecule has 2 rings (SSSR count). The highest BCUT2D eigenvalue weighted by Crippen LogP contribution is 2.26. The van der Waals surface area contributed by atoms with Gasteiger partial charge in [-0.25, -0.2) is 0 Å². The molecule has 0 saturated carbocycles. The third-order valence-corrected chi connectivity index (χ3v) is 5.55. The molecule has 1 fully saturated rings. The Kier molecular flexibility index (Phi) is 5.03. The highest BCUT2D eigenvalue weighted by Gasteiger charge is 2.17. The van der Waals surface area contributed by atoms with Gasteiger partial charge in [-0.15, -0.1) is 11.3 Å². The number of thiophene rings is 1. The molecule has 1 aromatic heterocycles. The van der Waals surface area contributed by atoms with Crippen LogP contribution in [0.25, 0.3) is 0 Å². The van der Waals surface area contributed by atoms with E-state index >= 15 is 0 Å². The monoisotopic (exact) mass is 316 g/mol. The van der Waals surface area contributed by atoms with E-state index in [1.807, 2.05) is 11.3 Å². The molecule has 1 atom stereocenters. The summed E-state index contributed by atoms with van der Waals surface area (Å²) in [6, 6.07) is 2.90. The third kappa shape index (κ3) is 3.78. The molecular formula is C13H21BrN2S. The van der Waals surface area contributed by atoms with E-state index < -0.39 is 0 Å². The maximum atomic E-state index is 3.57. The zero-order valence-electron chi connectivity index (χ0n) is 10.6. The maximum Gasteiger partial charge on any atom is 0.0314 e. The molecule has 17 heavy (non-hydrogen) atoms. The minimum absolute atomic E-state index is 0.669. The second-order valence-electron chi connectivity index (χ2n) is 4.84. The zero-order chi connectivity index (χ0) is 12.3. The van der Waals surface area contributed by atoms with Crippen LogP contribution in [0.5, 0.6) is 0 Å². The summed E-state index contributed by atoms with van der Waals surface area (Å²) >= 11 is 5.44. The molecule has 0 amide bonds. The van der Waals surface area contributed by atoms with Gasteiger partial charge in [0.25, 0.3) is 0 Å². The Bertz CT molecular complexity index is 339. The second-order valence-corrected chi connectivity index (χ2v) is 7.04. The Hall–Kier alpha value is 0.100. The number of nitrogens with zero attached hydrogens (tertiary/aromatic N) is 1. The number of hydrogen-bond acceptors (Lipinski definition) is 3. The molecule has 2 heterocycles. The smallest absolute Gasteiger partial charge is 0.0314 e. The molecule has 96 valence electrons. The predicted octanol–water partition coefficient (Wildman–Crippen LogP) is 3.39. The SMILES string of the molecule is Cc1sc(CNCC(C)N2CCCC2)cc1Br. The average Bonchev–Trinajstić information content (AvgIpc) is 2.90. The average molecular weight is 317 g/mol. The molecular weight excluding hydrogens is 296 g/mol. The zero-order valence-corrected chi connectivity index (χ0v) is 13.0. The van der Waals surface area contributed by atoms with E-state index in [-0.39, 0.29) is 0 Å². The van der Waals surface area contributed by atoms with E-state index in [4.69, 9.17) is 0 Å². The molecule has 0 spiro atoms. The van der Waals surface area contributed by atoms with Crippen molar-refractivity contribution in [1.82, 2.24) is 10.2 Å². The molecule has 0 bridgehead atoms. The van der Waals surface area contributed by atoms with Crippen molar-refractivity contribution < 1.29 is 0 Å². The fraction of sp³-hybridized carbons (Fsp3) is 0.692. The van der Waals surface area contributed by atoms with Gasteiger partial charge in [-0.05, 0) is 61.8 Å². The van der Waals surface area contributed by atoms with Crippen LogP contribution >= 0.6 is 27.3 Å². The van der Waals surface area contributed by atoms with E-state index in [0.717, 1.165) is 13.1 Å². The lowest BCUT2D eigenvalue weighted by Crippen LogP contribution is -2.38. The van der Waals surface area contributed by atoms with Gasteiger partial charge in [0, 0.05) is 33.4 Å². The Labute approximate surface area is 117 Å². The molecule has 1 aliphatic heterocycles. The van der Waals surface area contributed by atoms with Crippen molar-refractivity contribution in [2.45, 2.75) is 39.3 Å². The molecule has 1 aromatic rings. The lowest BCUT2D eigenvalue weighted by atomic mass is 10.3. The molecule has 1 unspecified atom stereocenters. The topological polar surface area (TPSA) is 15.3 Å². The fourth-order valence-electron chi connectivity index (χ4n) is 2.32. The van der Waals surface area contributed by atoms with Crippen molar-refractivity contribution in [2.24, 2.45) is 0 Å². The van der Waals surface area contributed by atoms with Crippen molar-refractivity contribution in [3.63, 3.8) is 0 Å². The predicted molar refractivity (Wildman–Crippen MR) is 78.7 cm³/mol. The number of aryl methyl sites for hydroxylation is 1. The van der Waals surface area contributed by atoms with Crippen molar-refractivity contribution in [3.05, 3.63) is 20.3 Å². The lowest BCUT2D eigenvalue weighted by Gasteiger charge is -2.23. The highest BCUT2D eigenvalue weighted by molar-refractivity contribution is 9.10. The van der Waals surface area contributed by atoms with E-state index in [1.54, 1.807) is 0 Å². The van der Waals surface area contributed by atoms with E-state index in [9.17, 15) is 0 Å². The van der Waals surface area contributed by atoms with E-state index in [0.29, 0.717) is 6.04 Å². The number of rotatable bonds is 5. The summed E-state index contributed by atoms with van der Waals surface area (Å²) in [5.41, 5.74) is 0. The lowest BCUT2D eigenvalue weighted by molar-refractivity contribution is 0.252. The maximum absolute atomic E-state index is 3.57. The first-order valence-electron chi connectivity index (χ1n) is 6.36. The number of halogens is 1. The summed E-state index contributed by atoms with van der Waals surface area (Å²) < 4.78 is 1.24. The largest absolute Gasteiger partial charge is 0.310 e. The quantitative estimate of drug-likeness (QED) is 0.895. The standard InChI is InChI=1S/C13H21BrN2S/c1-10(16-5-3-4-6-16)8-15-9-12-7-13(14)11(2)17-12/h7,10,15H,3-6,8-9H2,1-2H3. The van der Waals surface area contributed by atoms with Crippen molar-refractivity contribution in [3.8, 4) is 0 Å². The molecule has 0 radical (unpaired) electrons. The molecule has 2 nitrogen and oxygen atoms in total. The summed E-state index contributed by atoms with van der Waals surface area (Å²) in [4.78, 5) is 5.38. The third-order valence-electron chi connectivity index (χ3n) is 3.41. The van der Waals surface area contributed by atoms with Crippen molar-refractivity contribution in [1.29, 1.82) is 0 Å². The first kappa shape index (κ1) is 13.5.